The Morgan fingerprint density at radius 3 is 2.44 bits per heavy atom. The van der Waals surface area contributed by atoms with Crippen LogP contribution in [0.5, 0.6) is 0 Å². The number of Topliss-reactive ketones (excluding diaryl/α,β-unsaturated/α-hetero) is 1. The summed E-state index contributed by atoms with van der Waals surface area (Å²) in [5, 5.41) is 10.4. The average Bonchev–Trinajstić information content (AvgIpc) is 2.32. The maximum absolute atomic E-state index is 10.9. The second-order valence-electron chi connectivity index (χ2n) is 2.46. The zero-order valence-electron chi connectivity index (χ0n) is 8.35. The smallest absolute Gasteiger partial charge is 0.226 e. The summed E-state index contributed by atoms with van der Waals surface area (Å²) in [6.07, 6.45) is 1.51. The van der Waals surface area contributed by atoms with E-state index in [1.54, 1.807) is 19.1 Å². The van der Waals surface area contributed by atoms with Crippen LogP contribution in [-0.4, -0.2) is 23.5 Å². The molecule has 16 heavy (non-hydrogen) atoms. The molecular weight excluding hydrogens is 253 g/mol. The van der Waals surface area contributed by atoms with Gasteiger partial charge in [-0.15, -0.1) is 5.16 Å². The van der Waals surface area contributed by atoms with Crippen molar-refractivity contribution in [1.82, 2.24) is 0 Å². The molecule has 1 aromatic carbocycles. The van der Waals surface area contributed by atoms with Gasteiger partial charge < -0.3 is 5.21 Å². The zero-order valence-corrected chi connectivity index (χ0v) is 9.87. The van der Waals surface area contributed by atoms with Crippen LogP contribution in [-0.2, 0) is 4.79 Å². The van der Waals surface area contributed by atoms with Gasteiger partial charge >= 0.3 is 0 Å². The second-order valence-corrected chi connectivity index (χ2v) is 3.24. The molecule has 0 aliphatic heterocycles. The number of hydrogen-bond acceptors (Lipinski definition) is 4. The van der Waals surface area contributed by atoms with Crippen LogP contribution in [0.4, 0.5) is 0 Å². The zero-order chi connectivity index (χ0) is 12.6. The van der Waals surface area contributed by atoms with Crippen molar-refractivity contribution in [2.24, 2.45) is 5.16 Å². The third-order valence-corrected chi connectivity index (χ3v) is 2.26. The van der Waals surface area contributed by atoms with Gasteiger partial charge in [-0.1, -0.05) is 29.3 Å². The molecule has 0 fully saturated rings. The fourth-order valence-corrected chi connectivity index (χ4v) is 1.15. The van der Waals surface area contributed by atoms with Gasteiger partial charge in [0.1, 0.15) is 0 Å². The number of ketones is 1. The molecule has 0 saturated heterocycles. The van der Waals surface area contributed by atoms with Gasteiger partial charge in [-0.25, -0.2) is 0 Å². The highest BCUT2D eigenvalue weighted by Gasteiger charge is 2.10. The van der Waals surface area contributed by atoms with E-state index in [9.17, 15) is 9.59 Å². The molecule has 0 amide bonds. The first-order valence-corrected chi connectivity index (χ1v) is 4.89. The predicted octanol–water partition coefficient (Wildman–Crippen LogP) is 2.84. The van der Waals surface area contributed by atoms with E-state index in [1.165, 1.54) is 12.3 Å². The molecular formula is C10H9Cl2NO3. The van der Waals surface area contributed by atoms with Crippen molar-refractivity contribution < 1.29 is 14.8 Å². The molecule has 0 saturated carbocycles. The summed E-state index contributed by atoms with van der Waals surface area (Å²) < 4.78 is 0. The molecule has 1 aromatic rings. The number of carbonyl (C=O) groups is 2. The van der Waals surface area contributed by atoms with E-state index in [-0.39, 0.29) is 21.9 Å². The van der Waals surface area contributed by atoms with E-state index in [0.717, 1.165) is 0 Å². The Balaban J connectivity index is 0.000000487. The van der Waals surface area contributed by atoms with E-state index < -0.39 is 5.78 Å². The summed E-state index contributed by atoms with van der Waals surface area (Å²) in [5.41, 5.74) is 0.138. The number of oxime groups is 1. The molecule has 0 bridgehead atoms. The Morgan fingerprint density at radius 2 is 2.00 bits per heavy atom. The number of benzene rings is 1. The predicted molar refractivity (Wildman–Crippen MR) is 62.8 cm³/mol. The summed E-state index contributed by atoms with van der Waals surface area (Å²) in [7, 11) is 0. The third-order valence-electron chi connectivity index (χ3n) is 1.44. The van der Waals surface area contributed by atoms with Crippen LogP contribution < -0.4 is 0 Å². The van der Waals surface area contributed by atoms with Gasteiger partial charge in [-0.05, 0) is 19.1 Å². The second kappa shape index (κ2) is 7.84. The molecule has 1 rings (SSSR count). The van der Waals surface area contributed by atoms with Crippen LogP contribution in [0.2, 0.25) is 10.0 Å². The normalized spacial score (nSPS) is 9.44. The van der Waals surface area contributed by atoms with Crippen molar-refractivity contribution in [3.63, 3.8) is 0 Å². The number of aldehydes is 1. The maximum atomic E-state index is 10.9. The number of nitrogens with zero attached hydrogens (tertiary/aromatic N) is 1. The minimum atomic E-state index is -0.664. The van der Waals surface area contributed by atoms with E-state index in [1.807, 2.05) is 0 Å². The Labute approximate surface area is 102 Å². The Bertz CT molecular complexity index is 401. The Morgan fingerprint density at radius 1 is 1.44 bits per heavy atom. The highest BCUT2D eigenvalue weighted by molar-refractivity contribution is 6.46. The van der Waals surface area contributed by atoms with Crippen LogP contribution in [0, 0.1) is 0 Å². The molecule has 4 nitrogen and oxygen atoms in total. The molecule has 86 valence electrons. The van der Waals surface area contributed by atoms with Crippen molar-refractivity contribution in [3.05, 3.63) is 33.8 Å². The van der Waals surface area contributed by atoms with E-state index in [4.69, 9.17) is 28.4 Å². The molecule has 0 radical (unpaired) electrons. The van der Waals surface area contributed by atoms with Crippen LogP contribution in [0.1, 0.15) is 17.3 Å². The standard InChI is InChI=1S/C8H4Cl2O2.C2H5NO/c9-6-3-1-2-5(8(6)10)7(12)4-11;1-2-3-4/h1-4H;2,4H,1H3/b;3-2+. The summed E-state index contributed by atoms with van der Waals surface area (Å²) in [5.74, 6) is -0.664. The average molecular weight is 262 g/mol. The number of carbonyl (C=O) groups excluding carboxylic acids is 2. The first-order chi connectivity index (χ1) is 7.58. The van der Waals surface area contributed by atoms with Gasteiger partial charge in [-0.2, -0.15) is 0 Å². The number of halogens is 2. The molecule has 0 unspecified atom stereocenters. The molecule has 0 aliphatic carbocycles. The van der Waals surface area contributed by atoms with Gasteiger partial charge in [0.15, 0.2) is 6.29 Å². The molecule has 6 heteroatoms. The van der Waals surface area contributed by atoms with Crippen molar-refractivity contribution >= 4 is 41.5 Å². The van der Waals surface area contributed by atoms with Crippen LogP contribution in [0.25, 0.3) is 0 Å². The fraction of sp³-hybridized carbons (Fsp3) is 0.100. The monoisotopic (exact) mass is 261 g/mol. The number of hydrogen-bond donors (Lipinski definition) is 1. The summed E-state index contributed by atoms with van der Waals surface area (Å²) >= 11 is 11.3. The maximum Gasteiger partial charge on any atom is 0.226 e. The quantitative estimate of drug-likeness (QED) is 0.222. The number of rotatable bonds is 2. The molecule has 0 aromatic heterocycles. The van der Waals surface area contributed by atoms with Crippen molar-refractivity contribution in [2.45, 2.75) is 6.92 Å². The minimum Gasteiger partial charge on any atom is -0.411 e. The summed E-state index contributed by atoms with van der Waals surface area (Å²) in [4.78, 5) is 21.0. The SMILES string of the molecule is C/C=N/O.O=CC(=O)c1cccc(Cl)c1Cl. The fourth-order valence-electron chi connectivity index (χ4n) is 0.758. The highest BCUT2D eigenvalue weighted by atomic mass is 35.5. The molecule has 0 heterocycles. The van der Waals surface area contributed by atoms with E-state index in [0.29, 0.717) is 0 Å². The molecule has 0 aliphatic rings. The lowest BCUT2D eigenvalue weighted by Gasteiger charge is -1.98. The first-order valence-electron chi connectivity index (χ1n) is 4.14. The summed E-state index contributed by atoms with van der Waals surface area (Å²) in [6, 6.07) is 4.56. The lowest BCUT2D eigenvalue weighted by Crippen LogP contribution is -2.00. The van der Waals surface area contributed by atoms with Gasteiger partial charge in [0.2, 0.25) is 5.78 Å². The topological polar surface area (TPSA) is 66.7 Å². The van der Waals surface area contributed by atoms with Crippen LogP contribution >= 0.6 is 23.2 Å². The van der Waals surface area contributed by atoms with Crippen molar-refractivity contribution in [1.29, 1.82) is 0 Å². The van der Waals surface area contributed by atoms with Gasteiger partial charge in [0.25, 0.3) is 0 Å². The lowest BCUT2D eigenvalue weighted by atomic mass is 10.1. The van der Waals surface area contributed by atoms with E-state index >= 15 is 0 Å². The van der Waals surface area contributed by atoms with Crippen molar-refractivity contribution in [2.75, 3.05) is 0 Å². The summed E-state index contributed by atoms with van der Waals surface area (Å²) in [6.45, 7) is 1.64. The molecule has 1 N–H and O–H groups in total. The van der Waals surface area contributed by atoms with E-state index in [2.05, 4.69) is 5.16 Å². The Kier molecular flexibility index (Phi) is 7.16. The molecule has 0 spiro atoms. The van der Waals surface area contributed by atoms with Gasteiger partial charge in [0.05, 0.1) is 10.0 Å². The lowest BCUT2D eigenvalue weighted by molar-refractivity contribution is -0.104. The van der Waals surface area contributed by atoms with Crippen molar-refractivity contribution in [3.8, 4) is 0 Å². The third kappa shape index (κ3) is 4.42. The van der Waals surface area contributed by atoms with Gasteiger partial charge in [-0.3, -0.25) is 9.59 Å². The van der Waals surface area contributed by atoms with Crippen LogP contribution in [0.3, 0.4) is 0 Å². The largest absolute Gasteiger partial charge is 0.411 e. The Hall–Kier alpha value is -1.39. The minimum absolute atomic E-state index is 0.122. The van der Waals surface area contributed by atoms with Gasteiger partial charge in [0, 0.05) is 11.8 Å². The highest BCUT2D eigenvalue weighted by Crippen LogP contribution is 2.25. The molecule has 0 atom stereocenters. The first kappa shape index (κ1) is 14.6. The van der Waals surface area contributed by atoms with Crippen LogP contribution in [0.15, 0.2) is 23.4 Å².